The van der Waals surface area contributed by atoms with Crippen molar-refractivity contribution in [2.24, 2.45) is 5.92 Å². The van der Waals surface area contributed by atoms with Crippen LogP contribution >= 0.6 is 0 Å². The molecule has 0 aromatic heterocycles. The smallest absolute Gasteiger partial charge is 0.243 e. The molecule has 5 atom stereocenters. The molecule has 0 saturated carbocycles. The van der Waals surface area contributed by atoms with Crippen molar-refractivity contribution in [1.82, 2.24) is 15.1 Å². The van der Waals surface area contributed by atoms with Crippen molar-refractivity contribution >= 4 is 17.7 Å². The molecule has 3 amide bonds. The first-order valence-electron chi connectivity index (χ1n) is 13.5. The van der Waals surface area contributed by atoms with Gasteiger partial charge < -0.3 is 15.1 Å². The summed E-state index contributed by atoms with van der Waals surface area (Å²) >= 11 is 0. The van der Waals surface area contributed by atoms with Crippen molar-refractivity contribution in [1.29, 1.82) is 0 Å². The molecule has 3 aliphatic rings. The van der Waals surface area contributed by atoms with Gasteiger partial charge in [-0.25, -0.2) is 4.39 Å². The first-order valence-corrected chi connectivity index (χ1v) is 13.5. The minimum absolute atomic E-state index is 0.0106. The number of rotatable bonds is 6. The molecule has 2 aromatic carbocycles. The van der Waals surface area contributed by atoms with Gasteiger partial charge in [-0.05, 0) is 41.9 Å². The second-order valence-electron chi connectivity index (χ2n) is 11.0. The SMILES string of the molecule is CC(C)c1ccc([C@@H](NC(=O)[C@@H]2C[C@@H](F)CN2C(=O)C2CCC3CCC(=O)N3C2)c2ccccc2)cc1. The first kappa shape index (κ1) is 25.4. The Kier molecular flexibility index (Phi) is 7.31. The maximum atomic E-state index is 14.7. The Labute approximate surface area is 218 Å². The average molecular weight is 506 g/mol. The van der Waals surface area contributed by atoms with E-state index in [-0.39, 0.29) is 42.6 Å². The lowest BCUT2D eigenvalue weighted by Crippen LogP contribution is -2.52. The summed E-state index contributed by atoms with van der Waals surface area (Å²) in [5.74, 6) is -0.454. The maximum Gasteiger partial charge on any atom is 0.243 e. The molecule has 3 saturated heterocycles. The van der Waals surface area contributed by atoms with E-state index >= 15 is 0 Å². The lowest BCUT2D eigenvalue weighted by molar-refractivity contribution is -0.145. The Morgan fingerprint density at radius 2 is 1.59 bits per heavy atom. The van der Waals surface area contributed by atoms with Crippen LogP contribution in [0.5, 0.6) is 0 Å². The zero-order valence-electron chi connectivity index (χ0n) is 21.6. The van der Waals surface area contributed by atoms with E-state index in [1.54, 1.807) is 0 Å². The predicted molar refractivity (Wildman–Crippen MR) is 139 cm³/mol. The van der Waals surface area contributed by atoms with Gasteiger partial charge in [0.15, 0.2) is 0 Å². The molecule has 37 heavy (non-hydrogen) atoms. The summed E-state index contributed by atoms with van der Waals surface area (Å²) in [6.45, 7) is 4.57. The molecular formula is C30H36FN3O3. The number of hydrogen-bond donors (Lipinski definition) is 1. The number of fused-ring (bicyclic) bond motifs is 1. The predicted octanol–water partition coefficient (Wildman–Crippen LogP) is 4.36. The number of likely N-dealkylation sites (tertiary alicyclic amines) is 1. The minimum Gasteiger partial charge on any atom is -0.343 e. The number of halogens is 1. The fourth-order valence-corrected chi connectivity index (χ4v) is 6.10. The quantitative estimate of drug-likeness (QED) is 0.635. The molecule has 1 N–H and O–H groups in total. The number of nitrogens with zero attached hydrogens (tertiary/aromatic N) is 2. The lowest BCUT2D eigenvalue weighted by Gasteiger charge is -2.37. The monoisotopic (exact) mass is 505 g/mol. The molecule has 5 rings (SSSR count). The summed E-state index contributed by atoms with van der Waals surface area (Å²) in [6.07, 6.45) is 1.58. The van der Waals surface area contributed by atoms with E-state index in [2.05, 4.69) is 31.3 Å². The van der Waals surface area contributed by atoms with Crippen LogP contribution in [0.25, 0.3) is 0 Å². The van der Waals surface area contributed by atoms with Gasteiger partial charge in [-0.3, -0.25) is 14.4 Å². The zero-order chi connectivity index (χ0) is 26.1. The summed E-state index contributed by atoms with van der Waals surface area (Å²) in [5.41, 5.74) is 3.06. The Morgan fingerprint density at radius 3 is 2.30 bits per heavy atom. The van der Waals surface area contributed by atoms with E-state index in [0.29, 0.717) is 25.3 Å². The third-order valence-corrected chi connectivity index (χ3v) is 8.26. The number of piperidine rings is 1. The molecule has 0 bridgehead atoms. The molecule has 0 spiro atoms. The van der Waals surface area contributed by atoms with Gasteiger partial charge in [0.25, 0.3) is 0 Å². The molecule has 6 nitrogen and oxygen atoms in total. The van der Waals surface area contributed by atoms with Gasteiger partial charge in [-0.15, -0.1) is 0 Å². The van der Waals surface area contributed by atoms with E-state index < -0.39 is 18.3 Å². The Morgan fingerprint density at radius 1 is 0.919 bits per heavy atom. The summed E-state index contributed by atoms with van der Waals surface area (Å²) in [7, 11) is 0. The molecule has 3 fully saturated rings. The van der Waals surface area contributed by atoms with Gasteiger partial charge in [0.2, 0.25) is 17.7 Å². The highest BCUT2D eigenvalue weighted by Gasteiger charge is 2.45. The number of alkyl halides is 1. The van der Waals surface area contributed by atoms with E-state index in [1.807, 2.05) is 47.4 Å². The number of hydrogen-bond acceptors (Lipinski definition) is 3. The molecule has 2 aromatic rings. The summed E-state index contributed by atoms with van der Waals surface area (Å²) < 4.78 is 14.7. The summed E-state index contributed by atoms with van der Waals surface area (Å²) in [5, 5.41) is 3.13. The molecule has 0 aliphatic carbocycles. The van der Waals surface area contributed by atoms with E-state index in [0.717, 1.165) is 24.0 Å². The molecule has 0 radical (unpaired) electrons. The molecule has 7 heteroatoms. The van der Waals surface area contributed by atoms with Gasteiger partial charge in [0.1, 0.15) is 12.2 Å². The number of amides is 3. The van der Waals surface area contributed by atoms with Crippen molar-refractivity contribution in [3.8, 4) is 0 Å². The third-order valence-electron chi connectivity index (χ3n) is 8.26. The third kappa shape index (κ3) is 5.27. The van der Waals surface area contributed by atoms with Gasteiger partial charge in [-0.1, -0.05) is 68.4 Å². The van der Waals surface area contributed by atoms with Crippen LogP contribution in [0, 0.1) is 5.92 Å². The highest BCUT2D eigenvalue weighted by atomic mass is 19.1. The van der Waals surface area contributed by atoms with Crippen LogP contribution in [-0.2, 0) is 14.4 Å². The van der Waals surface area contributed by atoms with Crippen LogP contribution in [0.1, 0.15) is 74.6 Å². The Balaban J connectivity index is 1.34. The average Bonchev–Trinajstić information content (AvgIpc) is 3.49. The number of benzene rings is 2. The molecule has 3 aliphatic heterocycles. The van der Waals surface area contributed by atoms with Gasteiger partial charge in [0.05, 0.1) is 18.5 Å². The topological polar surface area (TPSA) is 69.7 Å². The van der Waals surface area contributed by atoms with Gasteiger partial charge in [0, 0.05) is 25.4 Å². The standard InChI is InChI=1S/C30H36FN3O3/c1-19(2)20-8-10-22(11-9-20)28(21-6-4-3-5-7-21)32-29(36)26-16-24(31)18-34(26)30(37)23-12-13-25-14-15-27(35)33(25)17-23/h3-11,19,23-26,28H,12-18H2,1-2H3,(H,32,36)/t23?,24-,25?,26+,28+/m1/s1. The van der Waals surface area contributed by atoms with Crippen LogP contribution in [0.3, 0.4) is 0 Å². The highest BCUT2D eigenvalue weighted by Crippen LogP contribution is 2.33. The fourth-order valence-electron chi connectivity index (χ4n) is 6.10. The Bertz CT molecular complexity index is 1140. The number of nitrogens with one attached hydrogen (secondary N) is 1. The fraction of sp³-hybridized carbons (Fsp3) is 0.500. The van der Waals surface area contributed by atoms with Gasteiger partial charge in [-0.2, -0.15) is 0 Å². The highest BCUT2D eigenvalue weighted by molar-refractivity contribution is 5.90. The number of carbonyl (C=O) groups is 3. The molecule has 3 heterocycles. The van der Waals surface area contributed by atoms with Gasteiger partial charge >= 0.3 is 0 Å². The summed E-state index contributed by atoms with van der Waals surface area (Å²) in [6, 6.07) is 16.8. The molecular weight excluding hydrogens is 469 g/mol. The van der Waals surface area contributed by atoms with Crippen molar-refractivity contribution in [2.45, 2.75) is 76.2 Å². The van der Waals surface area contributed by atoms with Crippen LogP contribution in [0.2, 0.25) is 0 Å². The minimum atomic E-state index is -1.25. The van der Waals surface area contributed by atoms with E-state index in [4.69, 9.17) is 0 Å². The molecule has 196 valence electrons. The van der Waals surface area contributed by atoms with Crippen molar-refractivity contribution in [2.75, 3.05) is 13.1 Å². The van der Waals surface area contributed by atoms with Crippen LogP contribution in [0.4, 0.5) is 4.39 Å². The normalized spacial score (nSPS) is 26.3. The van der Waals surface area contributed by atoms with Crippen LogP contribution in [-0.4, -0.2) is 58.9 Å². The summed E-state index contributed by atoms with van der Waals surface area (Å²) in [4.78, 5) is 42.6. The zero-order valence-corrected chi connectivity index (χ0v) is 21.6. The maximum absolute atomic E-state index is 14.7. The largest absolute Gasteiger partial charge is 0.343 e. The van der Waals surface area contributed by atoms with Crippen molar-refractivity contribution < 1.29 is 18.8 Å². The number of carbonyl (C=O) groups excluding carboxylic acids is 3. The van der Waals surface area contributed by atoms with Crippen LogP contribution < -0.4 is 5.32 Å². The van der Waals surface area contributed by atoms with Crippen molar-refractivity contribution in [3.05, 3.63) is 71.3 Å². The van der Waals surface area contributed by atoms with E-state index in [1.165, 1.54) is 10.5 Å². The second-order valence-corrected chi connectivity index (χ2v) is 11.0. The van der Waals surface area contributed by atoms with Crippen molar-refractivity contribution in [3.63, 3.8) is 0 Å². The lowest BCUT2D eigenvalue weighted by atomic mass is 9.92. The second kappa shape index (κ2) is 10.6. The first-order chi connectivity index (χ1) is 17.8. The van der Waals surface area contributed by atoms with Crippen LogP contribution in [0.15, 0.2) is 54.6 Å². The molecule has 2 unspecified atom stereocenters. The Hall–Kier alpha value is -3.22. The van der Waals surface area contributed by atoms with E-state index in [9.17, 15) is 18.8 Å².